The molecule has 0 atom stereocenters. The van der Waals surface area contributed by atoms with Crippen molar-refractivity contribution in [3.8, 4) is 0 Å². The van der Waals surface area contributed by atoms with Crippen LogP contribution < -0.4 is 0 Å². The van der Waals surface area contributed by atoms with E-state index in [0.29, 0.717) is 6.04 Å². The van der Waals surface area contributed by atoms with Crippen LogP contribution in [0.1, 0.15) is 31.3 Å². The van der Waals surface area contributed by atoms with Crippen molar-refractivity contribution in [2.24, 2.45) is 0 Å². The molecular weight excluding hydrogens is 234 g/mol. The number of aryl methyl sites for hydroxylation is 1. The van der Waals surface area contributed by atoms with E-state index < -0.39 is 0 Å². The number of aromatic nitrogens is 3. The summed E-state index contributed by atoms with van der Waals surface area (Å²) in [6.07, 6.45) is 3.88. The topological polar surface area (TPSA) is 22.8 Å². The molecule has 0 fully saturated rings. The summed E-state index contributed by atoms with van der Waals surface area (Å²) in [5.74, 6) is 0. The second-order valence-corrected chi connectivity index (χ2v) is 5.32. The summed E-state index contributed by atoms with van der Waals surface area (Å²) in [5.41, 5.74) is 3.83. The summed E-state index contributed by atoms with van der Waals surface area (Å²) < 4.78 is 4.58. The van der Waals surface area contributed by atoms with E-state index in [9.17, 15) is 0 Å². The largest absolute Gasteiger partial charge is 0.339 e. The molecule has 0 unspecified atom stereocenters. The lowest BCUT2D eigenvalue weighted by Crippen LogP contribution is -2.09. The van der Waals surface area contributed by atoms with Crippen LogP contribution in [-0.4, -0.2) is 14.1 Å². The van der Waals surface area contributed by atoms with Gasteiger partial charge in [0.2, 0.25) is 0 Å². The lowest BCUT2D eigenvalue weighted by atomic mass is 10.2. The number of fused-ring (bicyclic) bond motifs is 1. The monoisotopic (exact) mass is 253 g/mol. The fourth-order valence-corrected chi connectivity index (χ4v) is 2.64. The van der Waals surface area contributed by atoms with Crippen molar-refractivity contribution in [1.82, 2.24) is 14.1 Å². The van der Waals surface area contributed by atoms with Crippen LogP contribution in [-0.2, 0) is 6.54 Å². The minimum atomic E-state index is 0.444. The average Bonchev–Trinajstić information content (AvgIpc) is 2.96. The molecule has 0 N–H and O–H groups in total. The molecule has 0 saturated heterocycles. The summed E-state index contributed by atoms with van der Waals surface area (Å²) in [6.45, 7) is 7.41. The highest BCUT2D eigenvalue weighted by molar-refractivity contribution is 5.81. The molecule has 3 nitrogen and oxygen atoms in total. The molecule has 3 aromatic rings. The maximum atomic E-state index is 4.28. The molecular formula is C16H19N3. The fourth-order valence-electron chi connectivity index (χ4n) is 2.64. The molecule has 0 aliphatic carbocycles. The Morgan fingerprint density at radius 1 is 1.21 bits per heavy atom. The van der Waals surface area contributed by atoms with E-state index in [1.54, 1.807) is 0 Å². The van der Waals surface area contributed by atoms with Crippen LogP contribution in [0.5, 0.6) is 0 Å². The van der Waals surface area contributed by atoms with Gasteiger partial charge in [-0.15, -0.1) is 0 Å². The first-order valence-electron chi connectivity index (χ1n) is 6.72. The molecule has 0 radical (unpaired) electrons. The number of para-hydroxylation sites is 1. The zero-order chi connectivity index (χ0) is 13.4. The first kappa shape index (κ1) is 12.0. The SMILES string of the molecule is Cc1cc2ccccc2n1Cc1cncn1C(C)C. The highest BCUT2D eigenvalue weighted by atomic mass is 15.1. The Hall–Kier alpha value is -2.03. The molecule has 1 aromatic carbocycles. The second-order valence-electron chi connectivity index (χ2n) is 5.32. The van der Waals surface area contributed by atoms with E-state index >= 15 is 0 Å². The highest BCUT2D eigenvalue weighted by Gasteiger charge is 2.10. The smallest absolute Gasteiger partial charge is 0.0951 e. The van der Waals surface area contributed by atoms with Gasteiger partial charge in [-0.05, 0) is 38.3 Å². The summed E-state index contributed by atoms with van der Waals surface area (Å²) >= 11 is 0. The van der Waals surface area contributed by atoms with Gasteiger partial charge in [0.05, 0.1) is 18.6 Å². The third kappa shape index (κ3) is 2.05. The molecule has 0 spiro atoms. The van der Waals surface area contributed by atoms with Crippen molar-refractivity contribution >= 4 is 10.9 Å². The van der Waals surface area contributed by atoms with Crippen LogP contribution in [0.15, 0.2) is 42.9 Å². The van der Waals surface area contributed by atoms with Crippen molar-refractivity contribution in [3.05, 3.63) is 54.2 Å². The van der Waals surface area contributed by atoms with Gasteiger partial charge in [0.25, 0.3) is 0 Å². The summed E-state index contributed by atoms with van der Waals surface area (Å²) in [5, 5.41) is 1.30. The maximum Gasteiger partial charge on any atom is 0.0951 e. The van der Waals surface area contributed by atoms with Crippen LogP contribution >= 0.6 is 0 Å². The Morgan fingerprint density at radius 3 is 2.79 bits per heavy atom. The quantitative estimate of drug-likeness (QED) is 0.696. The fraction of sp³-hybridized carbons (Fsp3) is 0.312. The van der Waals surface area contributed by atoms with Gasteiger partial charge in [-0.25, -0.2) is 4.98 Å². The van der Waals surface area contributed by atoms with Crippen LogP contribution in [0.4, 0.5) is 0 Å². The van der Waals surface area contributed by atoms with Gasteiger partial charge in [0.1, 0.15) is 0 Å². The molecule has 2 aromatic heterocycles. The minimum Gasteiger partial charge on any atom is -0.339 e. The third-order valence-electron chi connectivity index (χ3n) is 3.64. The van der Waals surface area contributed by atoms with Crippen LogP contribution in [0, 0.1) is 6.92 Å². The standard InChI is InChI=1S/C16H19N3/c1-12(2)19-11-17-9-15(19)10-18-13(3)8-14-6-4-5-7-16(14)18/h4-9,11-12H,10H2,1-3H3. The highest BCUT2D eigenvalue weighted by Crippen LogP contribution is 2.21. The maximum absolute atomic E-state index is 4.28. The molecule has 0 bridgehead atoms. The molecule has 0 amide bonds. The zero-order valence-corrected chi connectivity index (χ0v) is 11.7. The van der Waals surface area contributed by atoms with Gasteiger partial charge in [-0.1, -0.05) is 18.2 Å². The first-order chi connectivity index (χ1) is 9.16. The van der Waals surface area contributed by atoms with Gasteiger partial charge >= 0.3 is 0 Å². The number of hydrogen-bond acceptors (Lipinski definition) is 1. The predicted molar refractivity (Wildman–Crippen MR) is 78.4 cm³/mol. The molecule has 19 heavy (non-hydrogen) atoms. The van der Waals surface area contributed by atoms with Crippen molar-refractivity contribution in [2.75, 3.05) is 0 Å². The van der Waals surface area contributed by atoms with E-state index in [-0.39, 0.29) is 0 Å². The number of hydrogen-bond donors (Lipinski definition) is 0. The molecule has 3 rings (SSSR count). The Labute approximate surface area is 113 Å². The first-order valence-corrected chi connectivity index (χ1v) is 6.72. The Kier molecular flexibility index (Phi) is 2.90. The lowest BCUT2D eigenvalue weighted by molar-refractivity contribution is 0.562. The van der Waals surface area contributed by atoms with E-state index in [0.717, 1.165) is 6.54 Å². The summed E-state index contributed by atoms with van der Waals surface area (Å²) in [4.78, 5) is 4.28. The van der Waals surface area contributed by atoms with Gasteiger partial charge in [0.15, 0.2) is 0 Å². The normalized spacial score (nSPS) is 11.6. The lowest BCUT2D eigenvalue weighted by Gasteiger charge is -2.14. The van der Waals surface area contributed by atoms with Gasteiger partial charge in [-0.2, -0.15) is 0 Å². The molecule has 98 valence electrons. The van der Waals surface area contributed by atoms with Gasteiger partial charge in [0, 0.05) is 23.4 Å². The Morgan fingerprint density at radius 2 is 2.00 bits per heavy atom. The van der Waals surface area contributed by atoms with Gasteiger partial charge < -0.3 is 9.13 Å². The Balaban J connectivity index is 2.06. The van der Waals surface area contributed by atoms with Gasteiger partial charge in [-0.3, -0.25) is 0 Å². The van der Waals surface area contributed by atoms with Crippen LogP contribution in [0.2, 0.25) is 0 Å². The van der Waals surface area contributed by atoms with Crippen LogP contribution in [0.25, 0.3) is 10.9 Å². The minimum absolute atomic E-state index is 0.444. The predicted octanol–water partition coefficient (Wildman–Crippen LogP) is 3.78. The molecule has 3 heteroatoms. The van der Waals surface area contributed by atoms with E-state index in [4.69, 9.17) is 0 Å². The van der Waals surface area contributed by atoms with E-state index in [1.165, 1.54) is 22.3 Å². The molecule has 0 saturated carbocycles. The molecule has 0 aliphatic heterocycles. The number of nitrogens with zero attached hydrogens (tertiary/aromatic N) is 3. The van der Waals surface area contributed by atoms with Crippen molar-refractivity contribution < 1.29 is 0 Å². The zero-order valence-electron chi connectivity index (χ0n) is 11.7. The Bertz CT molecular complexity index is 704. The van der Waals surface area contributed by atoms with E-state index in [1.807, 2.05) is 12.5 Å². The van der Waals surface area contributed by atoms with Crippen molar-refractivity contribution in [2.45, 2.75) is 33.4 Å². The number of benzene rings is 1. The molecule has 0 aliphatic rings. The van der Waals surface area contributed by atoms with Crippen molar-refractivity contribution in [3.63, 3.8) is 0 Å². The summed E-state index contributed by atoms with van der Waals surface area (Å²) in [6, 6.07) is 11.2. The van der Waals surface area contributed by atoms with Crippen LogP contribution in [0.3, 0.4) is 0 Å². The molecule has 2 heterocycles. The van der Waals surface area contributed by atoms with Crippen molar-refractivity contribution in [1.29, 1.82) is 0 Å². The average molecular weight is 253 g/mol. The number of imidazole rings is 1. The van der Waals surface area contributed by atoms with E-state index in [2.05, 4.69) is 65.2 Å². The number of rotatable bonds is 3. The summed E-state index contributed by atoms with van der Waals surface area (Å²) in [7, 11) is 0. The third-order valence-corrected chi connectivity index (χ3v) is 3.64. The second kappa shape index (κ2) is 4.57.